The maximum Gasteiger partial charge on any atom is 0.291 e. The van der Waals surface area contributed by atoms with Crippen molar-refractivity contribution in [2.75, 3.05) is 0 Å². The average molecular weight is 461 g/mol. The van der Waals surface area contributed by atoms with Gasteiger partial charge in [0.05, 0.1) is 28.1 Å². The summed E-state index contributed by atoms with van der Waals surface area (Å²) in [6.07, 6.45) is 1.24. The number of nitro groups is 1. The van der Waals surface area contributed by atoms with Crippen LogP contribution in [0.2, 0.25) is 0 Å². The Morgan fingerprint density at radius 3 is 2.40 bits per heavy atom. The number of fused-ring (bicyclic) bond motifs is 1. The number of carbonyl (C=O) groups is 1. The first-order chi connectivity index (χ1) is 17.1. The maximum atomic E-state index is 12.9. The van der Waals surface area contributed by atoms with Crippen LogP contribution in [-0.2, 0) is 0 Å². The molecule has 0 bridgehead atoms. The third-order valence-corrected chi connectivity index (χ3v) is 5.49. The van der Waals surface area contributed by atoms with Gasteiger partial charge in [0.2, 0.25) is 0 Å². The van der Waals surface area contributed by atoms with E-state index < -0.39 is 10.8 Å². The fraction of sp³-hybridized carbons (Fsp3) is 0. The summed E-state index contributed by atoms with van der Waals surface area (Å²) in [6, 6.07) is 31.5. The van der Waals surface area contributed by atoms with Gasteiger partial charge in [-0.15, -0.1) is 0 Å². The number of hydrazone groups is 1. The minimum atomic E-state index is -0.531. The summed E-state index contributed by atoms with van der Waals surface area (Å²) in [5.74, 6) is -0.531. The molecule has 0 saturated carbocycles. The molecule has 4 aromatic carbocycles. The van der Waals surface area contributed by atoms with Crippen LogP contribution in [0, 0.1) is 10.1 Å². The number of carbonyl (C=O) groups excluding carboxylic acids is 1. The predicted octanol–water partition coefficient (Wildman–Crippen LogP) is 5.36. The summed E-state index contributed by atoms with van der Waals surface area (Å²) in [6.45, 7) is 0. The molecule has 1 aromatic heterocycles. The topological polar surface area (TPSA) is 102 Å². The molecule has 8 heteroatoms. The molecule has 8 nitrogen and oxygen atoms in total. The van der Waals surface area contributed by atoms with Gasteiger partial charge in [-0.1, -0.05) is 66.7 Å². The summed E-state index contributed by atoms with van der Waals surface area (Å²) in [7, 11) is 0. The van der Waals surface area contributed by atoms with E-state index in [1.807, 2.05) is 66.7 Å². The number of nitrogens with zero attached hydrogens (tertiary/aromatic N) is 4. The molecular weight excluding hydrogens is 442 g/mol. The third-order valence-electron chi connectivity index (χ3n) is 5.49. The molecule has 1 heterocycles. The van der Waals surface area contributed by atoms with E-state index in [9.17, 15) is 14.9 Å². The molecule has 5 rings (SSSR count). The van der Waals surface area contributed by atoms with Gasteiger partial charge in [-0.2, -0.15) is 10.2 Å². The molecule has 35 heavy (non-hydrogen) atoms. The highest BCUT2D eigenvalue weighted by atomic mass is 16.6. The standard InChI is InChI=1S/C27H19N5O3/c33-27(29-28-18-22-10-6-7-13-25(22)32(34)35)24-17-26(31(30-24)23-11-2-1-3-12-23)21-15-14-19-8-4-5-9-20(19)16-21/h1-18H,(H,29,33)/b28-18-. The lowest BCUT2D eigenvalue weighted by atomic mass is 10.0. The quantitative estimate of drug-likeness (QED) is 0.209. The van der Waals surface area contributed by atoms with Gasteiger partial charge < -0.3 is 0 Å². The Morgan fingerprint density at radius 2 is 1.60 bits per heavy atom. The van der Waals surface area contributed by atoms with Gasteiger partial charge in [0.1, 0.15) is 0 Å². The number of rotatable bonds is 6. The molecule has 0 aliphatic heterocycles. The fourth-order valence-electron chi connectivity index (χ4n) is 3.79. The number of amides is 1. The molecule has 1 N–H and O–H groups in total. The molecule has 0 saturated heterocycles. The molecule has 0 radical (unpaired) electrons. The first kappa shape index (κ1) is 21.7. The second kappa shape index (κ2) is 9.40. The Kier molecular flexibility index (Phi) is 5.83. The van der Waals surface area contributed by atoms with Gasteiger partial charge in [-0.25, -0.2) is 10.1 Å². The van der Waals surface area contributed by atoms with Crippen molar-refractivity contribution < 1.29 is 9.72 Å². The molecule has 0 spiro atoms. The van der Waals surface area contributed by atoms with Crippen LogP contribution in [-0.4, -0.2) is 26.8 Å². The zero-order chi connectivity index (χ0) is 24.2. The maximum absolute atomic E-state index is 12.9. The Balaban J connectivity index is 1.48. The van der Waals surface area contributed by atoms with Crippen molar-refractivity contribution >= 4 is 28.6 Å². The van der Waals surface area contributed by atoms with Gasteiger partial charge in [0, 0.05) is 11.6 Å². The van der Waals surface area contributed by atoms with Crippen LogP contribution >= 0.6 is 0 Å². The summed E-state index contributed by atoms with van der Waals surface area (Å²) < 4.78 is 1.71. The van der Waals surface area contributed by atoms with Crippen LogP contribution in [0.4, 0.5) is 5.69 Å². The lowest BCUT2D eigenvalue weighted by Gasteiger charge is -2.08. The van der Waals surface area contributed by atoms with E-state index in [-0.39, 0.29) is 16.9 Å². The SMILES string of the molecule is O=C(N/N=C\c1ccccc1[N+](=O)[O-])c1cc(-c2ccc3ccccc3c2)n(-c2ccccc2)n1. The zero-order valence-electron chi connectivity index (χ0n) is 18.4. The van der Waals surface area contributed by atoms with Crippen molar-refractivity contribution in [1.82, 2.24) is 15.2 Å². The van der Waals surface area contributed by atoms with Crippen molar-refractivity contribution in [2.24, 2.45) is 5.10 Å². The van der Waals surface area contributed by atoms with E-state index in [1.165, 1.54) is 12.3 Å². The number of hydrogen-bond donors (Lipinski definition) is 1. The Bertz CT molecular complexity index is 1570. The van der Waals surface area contributed by atoms with E-state index in [1.54, 1.807) is 28.9 Å². The van der Waals surface area contributed by atoms with Crippen LogP contribution in [0.25, 0.3) is 27.7 Å². The average Bonchev–Trinajstić information content (AvgIpc) is 3.35. The predicted molar refractivity (Wildman–Crippen MR) is 135 cm³/mol. The number of nitrogens with one attached hydrogen (secondary N) is 1. The third kappa shape index (κ3) is 4.53. The summed E-state index contributed by atoms with van der Waals surface area (Å²) in [5.41, 5.74) is 5.22. The minimum absolute atomic E-state index is 0.0996. The molecule has 0 fully saturated rings. The van der Waals surface area contributed by atoms with Crippen molar-refractivity contribution in [3.8, 4) is 16.9 Å². The Labute approximate surface area is 200 Å². The number of aromatic nitrogens is 2. The van der Waals surface area contributed by atoms with E-state index in [0.29, 0.717) is 0 Å². The number of benzene rings is 4. The molecular formula is C27H19N5O3. The largest absolute Gasteiger partial charge is 0.291 e. The lowest BCUT2D eigenvalue weighted by Crippen LogP contribution is -2.18. The van der Waals surface area contributed by atoms with Gasteiger partial charge in [0.15, 0.2) is 5.69 Å². The first-order valence-corrected chi connectivity index (χ1v) is 10.8. The Hall–Kier alpha value is -5.11. The second-order valence-electron chi connectivity index (χ2n) is 7.74. The van der Waals surface area contributed by atoms with Crippen LogP contribution < -0.4 is 5.43 Å². The smallest absolute Gasteiger partial charge is 0.265 e. The van der Waals surface area contributed by atoms with Crippen molar-refractivity contribution in [3.05, 3.63) is 124 Å². The molecule has 0 aliphatic rings. The second-order valence-corrected chi connectivity index (χ2v) is 7.74. The highest BCUT2D eigenvalue weighted by molar-refractivity contribution is 5.95. The molecule has 170 valence electrons. The fourth-order valence-corrected chi connectivity index (χ4v) is 3.79. The molecule has 0 aliphatic carbocycles. The van der Waals surface area contributed by atoms with Gasteiger partial charge in [-0.05, 0) is 41.1 Å². The summed E-state index contributed by atoms with van der Waals surface area (Å²) in [4.78, 5) is 23.5. The molecule has 0 unspecified atom stereocenters. The lowest BCUT2D eigenvalue weighted by molar-refractivity contribution is -0.385. The van der Waals surface area contributed by atoms with Crippen molar-refractivity contribution in [2.45, 2.75) is 0 Å². The monoisotopic (exact) mass is 461 g/mol. The summed E-state index contributed by atoms with van der Waals surface area (Å²) >= 11 is 0. The van der Waals surface area contributed by atoms with E-state index >= 15 is 0 Å². The van der Waals surface area contributed by atoms with Crippen LogP contribution in [0.15, 0.2) is 108 Å². The molecule has 0 atom stereocenters. The van der Waals surface area contributed by atoms with Crippen LogP contribution in [0.5, 0.6) is 0 Å². The van der Waals surface area contributed by atoms with Crippen LogP contribution in [0.3, 0.4) is 0 Å². The van der Waals surface area contributed by atoms with E-state index in [4.69, 9.17) is 0 Å². The minimum Gasteiger partial charge on any atom is -0.265 e. The number of para-hydroxylation sites is 2. The Morgan fingerprint density at radius 1 is 0.886 bits per heavy atom. The number of hydrogen-bond acceptors (Lipinski definition) is 5. The van der Waals surface area contributed by atoms with Crippen molar-refractivity contribution in [1.29, 1.82) is 0 Å². The van der Waals surface area contributed by atoms with E-state index in [0.717, 1.165) is 27.7 Å². The molecule has 5 aromatic rings. The first-order valence-electron chi connectivity index (χ1n) is 10.8. The van der Waals surface area contributed by atoms with Crippen molar-refractivity contribution in [3.63, 3.8) is 0 Å². The van der Waals surface area contributed by atoms with E-state index in [2.05, 4.69) is 21.7 Å². The van der Waals surface area contributed by atoms with Crippen LogP contribution in [0.1, 0.15) is 16.1 Å². The van der Waals surface area contributed by atoms with Gasteiger partial charge in [-0.3, -0.25) is 14.9 Å². The van der Waals surface area contributed by atoms with Gasteiger partial charge >= 0.3 is 0 Å². The molecule has 1 amide bonds. The highest BCUT2D eigenvalue weighted by Gasteiger charge is 2.17. The highest BCUT2D eigenvalue weighted by Crippen LogP contribution is 2.27. The zero-order valence-corrected chi connectivity index (χ0v) is 18.4. The van der Waals surface area contributed by atoms with Gasteiger partial charge in [0.25, 0.3) is 11.6 Å². The number of nitro benzene ring substituents is 1. The summed E-state index contributed by atoms with van der Waals surface area (Å²) in [5, 5.41) is 21.8. The normalized spacial score (nSPS) is 11.1.